The van der Waals surface area contributed by atoms with Gasteiger partial charge in [0.25, 0.3) is 0 Å². The van der Waals surface area contributed by atoms with Crippen molar-refractivity contribution in [3.8, 4) is 0 Å². The van der Waals surface area contributed by atoms with Gasteiger partial charge in [-0.2, -0.15) is 0 Å². The zero-order valence-electron chi connectivity index (χ0n) is 10.2. The van der Waals surface area contributed by atoms with Gasteiger partial charge in [0.05, 0.1) is 6.54 Å². The van der Waals surface area contributed by atoms with E-state index in [0.717, 1.165) is 17.8 Å². The number of benzene rings is 1. The fourth-order valence-electron chi connectivity index (χ4n) is 1.98. The van der Waals surface area contributed by atoms with Gasteiger partial charge >= 0.3 is 6.09 Å². The molecule has 1 aliphatic heterocycles. The summed E-state index contributed by atoms with van der Waals surface area (Å²) in [6, 6.07) is 7.47. The van der Waals surface area contributed by atoms with E-state index in [0.29, 0.717) is 12.5 Å². The van der Waals surface area contributed by atoms with Crippen LogP contribution in [0.25, 0.3) is 0 Å². The molecule has 92 valence electrons. The van der Waals surface area contributed by atoms with Crippen LogP contribution in [0.1, 0.15) is 25.5 Å². The van der Waals surface area contributed by atoms with Crippen molar-refractivity contribution in [2.75, 3.05) is 18.8 Å². The average Bonchev–Trinajstić information content (AvgIpc) is 2.60. The minimum absolute atomic E-state index is 0.165. The van der Waals surface area contributed by atoms with Crippen molar-refractivity contribution in [1.82, 2.24) is 4.90 Å². The molecule has 1 aromatic rings. The fraction of sp³-hybridized carbons (Fsp3) is 0.462. The van der Waals surface area contributed by atoms with Crippen molar-refractivity contribution in [3.63, 3.8) is 0 Å². The van der Waals surface area contributed by atoms with E-state index in [1.54, 1.807) is 4.90 Å². The summed E-state index contributed by atoms with van der Waals surface area (Å²) < 4.78 is 5.35. The predicted molar refractivity (Wildman–Crippen MR) is 66.5 cm³/mol. The molecule has 1 unspecified atom stereocenters. The smallest absolute Gasteiger partial charge is 0.410 e. The molecular formula is C13H18N2O2. The molecule has 2 rings (SSSR count). The highest BCUT2D eigenvalue weighted by Gasteiger charge is 2.32. The van der Waals surface area contributed by atoms with Gasteiger partial charge in [-0.25, -0.2) is 4.79 Å². The number of anilines is 1. The number of carbonyl (C=O) groups is 1. The van der Waals surface area contributed by atoms with Crippen molar-refractivity contribution in [2.24, 2.45) is 5.92 Å². The van der Waals surface area contributed by atoms with Crippen LogP contribution in [0.4, 0.5) is 10.5 Å². The zero-order chi connectivity index (χ0) is 12.4. The lowest BCUT2D eigenvalue weighted by atomic mass is 10.1. The van der Waals surface area contributed by atoms with Gasteiger partial charge in [0.1, 0.15) is 6.10 Å². The molecule has 0 spiro atoms. The van der Waals surface area contributed by atoms with Crippen LogP contribution in [0.2, 0.25) is 0 Å². The number of carbonyl (C=O) groups excluding carboxylic acids is 1. The molecule has 0 saturated carbocycles. The van der Waals surface area contributed by atoms with Crippen LogP contribution in [-0.4, -0.2) is 24.1 Å². The number of cyclic esters (lactones) is 1. The van der Waals surface area contributed by atoms with Crippen molar-refractivity contribution in [3.05, 3.63) is 29.8 Å². The third-order valence-corrected chi connectivity index (χ3v) is 2.78. The van der Waals surface area contributed by atoms with E-state index in [1.165, 1.54) is 0 Å². The van der Waals surface area contributed by atoms with Gasteiger partial charge in [0, 0.05) is 12.2 Å². The number of amides is 1. The molecule has 4 heteroatoms. The molecule has 2 N–H and O–H groups in total. The van der Waals surface area contributed by atoms with Gasteiger partial charge in [-0.05, 0) is 23.6 Å². The number of hydrogen-bond acceptors (Lipinski definition) is 3. The molecule has 1 saturated heterocycles. The van der Waals surface area contributed by atoms with E-state index in [1.807, 2.05) is 24.3 Å². The van der Waals surface area contributed by atoms with E-state index < -0.39 is 0 Å². The molecule has 1 atom stereocenters. The van der Waals surface area contributed by atoms with Gasteiger partial charge in [-0.1, -0.05) is 26.0 Å². The number of rotatable bonds is 3. The van der Waals surface area contributed by atoms with E-state index in [9.17, 15) is 4.79 Å². The molecule has 1 fully saturated rings. The highest BCUT2D eigenvalue weighted by Crippen LogP contribution is 2.27. The van der Waals surface area contributed by atoms with Crippen LogP contribution >= 0.6 is 0 Å². The van der Waals surface area contributed by atoms with Gasteiger partial charge in [0.15, 0.2) is 0 Å². The maximum Gasteiger partial charge on any atom is 0.410 e. The first-order valence-electron chi connectivity index (χ1n) is 5.87. The summed E-state index contributed by atoms with van der Waals surface area (Å²) in [5.41, 5.74) is 7.35. The quantitative estimate of drug-likeness (QED) is 0.817. The minimum atomic E-state index is -0.222. The Morgan fingerprint density at radius 2 is 2.06 bits per heavy atom. The molecule has 4 nitrogen and oxygen atoms in total. The number of nitrogen functional groups attached to an aromatic ring is 1. The summed E-state index contributed by atoms with van der Waals surface area (Å²) in [5.74, 6) is 0.452. The molecule has 17 heavy (non-hydrogen) atoms. The van der Waals surface area contributed by atoms with Crippen LogP contribution in [-0.2, 0) is 4.74 Å². The summed E-state index contributed by atoms with van der Waals surface area (Å²) >= 11 is 0. The Labute approximate surface area is 101 Å². The average molecular weight is 234 g/mol. The molecule has 1 amide bonds. The zero-order valence-corrected chi connectivity index (χ0v) is 10.2. The third-order valence-electron chi connectivity index (χ3n) is 2.78. The van der Waals surface area contributed by atoms with Crippen molar-refractivity contribution in [1.29, 1.82) is 0 Å². The maximum atomic E-state index is 11.6. The minimum Gasteiger partial charge on any atom is -0.439 e. The standard InChI is InChI=1S/C13H18N2O2/c1-9(2)7-15-8-12(17-13(15)16)10-3-5-11(14)6-4-10/h3-6,9,12H,7-8,14H2,1-2H3. The third kappa shape index (κ3) is 2.70. The molecule has 0 radical (unpaired) electrons. The normalized spacial score (nSPS) is 19.8. The highest BCUT2D eigenvalue weighted by molar-refractivity contribution is 5.70. The Balaban J connectivity index is 2.05. The van der Waals surface area contributed by atoms with E-state index in [2.05, 4.69) is 13.8 Å². The van der Waals surface area contributed by atoms with Crippen LogP contribution in [0, 0.1) is 5.92 Å². The summed E-state index contributed by atoms with van der Waals surface area (Å²) in [5, 5.41) is 0. The highest BCUT2D eigenvalue weighted by atomic mass is 16.6. The maximum absolute atomic E-state index is 11.6. The second-order valence-corrected chi connectivity index (χ2v) is 4.84. The van der Waals surface area contributed by atoms with E-state index in [-0.39, 0.29) is 12.2 Å². The SMILES string of the molecule is CC(C)CN1CC(c2ccc(N)cc2)OC1=O. The van der Waals surface area contributed by atoms with Crippen LogP contribution in [0.15, 0.2) is 24.3 Å². The first-order valence-corrected chi connectivity index (χ1v) is 5.87. The van der Waals surface area contributed by atoms with Crippen LogP contribution in [0.5, 0.6) is 0 Å². The first kappa shape index (κ1) is 11.8. The topological polar surface area (TPSA) is 55.6 Å². The molecule has 0 bridgehead atoms. The second-order valence-electron chi connectivity index (χ2n) is 4.84. The van der Waals surface area contributed by atoms with E-state index >= 15 is 0 Å². The fourth-order valence-corrected chi connectivity index (χ4v) is 1.98. The second kappa shape index (κ2) is 4.65. The summed E-state index contributed by atoms with van der Waals surface area (Å²) in [4.78, 5) is 13.4. The van der Waals surface area contributed by atoms with Gasteiger partial charge < -0.3 is 15.4 Å². The van der Waals surface area contributed by atoms with Crippen molar-refractivity contribution in [2.45, 2.75) is 20.0 Å². The molecule has 1 aromatic carbocycles. The Hall–Kier alpha value is -1.71. The van der Waals surface area contributed by atoms with Crippen LogP contribution < -0.4 is 5.73 Å². The van der Waals surface area contributed by atoms with Crippen molar-refractivity contribution < 1.29 is 9.53 Å². The lowest BCUT2D eigenvalue weighted by molar-refractivity contribution is 0.131. The van der Waals surface area contributed by atoms with Crippen molar-refractivity contribution >= 4 is 11.8 Å². The molecular weight excluding hydrogens is 216 g/mol. The predicted octanol–water partition coefficient (Wildman–Crippen LogP) is 2.42. The lowest BCUT2D eigenvalue weighted by Crippen LogP contribution is -2.28. The van der Waals surface area contributed by atoms with Gasteiger partial charge in [-0.15, -0.1) is 0 Å². The first-order chi connectivity index (χ1) is 8.06. The van der Waals surface area contributed by atoms with Gasteiger partial charge in [0.2, 0.25) is 0 Å². The van der Waals surface area contributed by atoms with E-state index in [4.69, 9.17) is 10.5 Å². The summed E-state index contributed by atoms with van der Waals surface area (Å²) in [6.45, 7) is 5.54. The molecule has 1 aliphatic rings. The van der Waals surface area contributed by atoms with Crippen LogP contribution in [0.3, 0.4) is 0 Å². The monoisotopic (exact) mass is 234 g/mol. The Morgan fingerprint density at radius 1 is 1.41 bits per heavy atom. The number of ether oxygens (including phenoxy) is 1. The summed E-state index contributed by atoms with van der Waals surface area (Å²) in [7, 11) is 0. The molecule has 0 aliphatic carbocycles. The molecule has 0 aromatic heterocycles. The Bertz CT molecular complexity index is 400. The van der Waals surface area contributed by atoms with Gasteiger partial charge in [-0.3, -0.25) is 0 Å². The Kier molecular flexibility index (Phi) is 3.22. The number of nitrogens with zero attached hydrogens (tertiary/aromatic N) is 1. The number of nitrogens with two attached hydrogens (primary N) is 1. The Morgan fingerprint density at radius 3 is 2.65 bits per heavy atom. The summed E-state index contributed by atoms with van der Waals surface area (Å²) in [6.07, 6.45) is -0.387. The molecule has 1 heterocycles. The number of hydrogen-bond donors (Lipinski definition) is 1. The largest absolute Gasteiger partial charge is 0.439 e. The lowest BCUT2D eigenvalue weighted by Gasteiger charge is -2.15.